The Balaban J connectivity index is 1.35. The Labute approximate surface area is 186 Å². The molecule has 0 unspecified atom stereocenters. The average molecular weight is 451 g/mol. The molecule has 33 heavy (non-hydrogen) atoms. The zero-order valence-electron chi connectivity index (χ0n) is 17.6. The van der Waals surface area contributed by atoms with Gasteiger partial charge >= 0.3 is 6.18 Å². The first-order valence-corrected chi connectivity index (χ1v) is 10.8. The fraction of sp³-hybridized carbons (Fsp3) is 0.292. The number of alkyl halides is 3. The zero-order valence-corrected chi connectivity index (χ0v) is 17.6. The van der Waals surface area contributed by atoms with Crippen molar-refractivity contribution in [1.29, 1.82) is 0 Å². The Kier molecular flexibility index (Phi) is 4.36. The van der Waals surface area contributed by atoms with E-state index in [1.54, 1.807) is 18.3 Å². The number of imidazole rings is 1. The second-order valence-electron chi connectivity index (χ2n) is 8.74. The minimum Gasteiger partial charge on any atom is -0.346 e. The summed E-state index contributed by atoms with van der Waals surface area (Å²) in [5.41, 5.74) is 5.27. The number of amides is 1. The van der Waals surface area contributed by atoms with Gasteiger partial charge in [-0.1, -0.05) is 12.1 Å². The van der Waals surface area contributed by atoms with Crippen molar-refractivity contribution in [3.63, 3.8) is 0 Å². The fourth-order valence-corrected chi connectivity index (χ4v) is 4.48. The molecule has 4 aromatic rings. The van der Waals surface area contributed by atoms with E-state index in [1.807, 2.05) is 23.2 Å². The summed E-state index contributed by atoms with van der Waals surface area (Å²) in [7, 11) is 0. The van der Waals surface area contributed by atoms with Crippen molar-refractivity contribution in [3.05, 3.63) is 54.6 Å². The van der Waals surface area contributed by atoms with Crippen LogP contribution in [0.3, 0.4) is 0 Å². The molecule has 6 rings (SSSR count). The number of H-pyrrole nitrogens is 1. The Bertz CT molecular complexity index is 1430. The van der Waals surface area contributed by atoms with E-state index in [1.165, 1.54) is 6.33 Å². The summed E-state index contributed by atoms with van der Waals surface area (Å²) in [5.74, 6) is 0.414. The van der Waals surface area contributed by atoms with Crippen LogP contribution >= 0.6 is 0 Å². The number of aromatic amines is 1. The van der Waals surface area contributed by atoms with Gasteiger partial charge in [0.25, 0.3) is 0 Å². The van der Waals surface area contributed by atoms with E-state index in [-0.39, 0.29) is 11.8 Å². The van der Waals surface area contributed by atoms with Crippen LogP contribution in [0.4, 0.5) is 13.2 Å². The number of hydrogen-bond donors (Lipinski definition) is 1. The average Bonchev–Trinajstić information content (AvgIpc) is 3.18. The van der Waals surface area contributed by atoms with Crippen LogP contribution in [0.1, 0.15) is 18.4 Å². The summed E-state index contributed by atoms with van der Waals surface area (Å²) in [4.78, 5) is 26.1. The number of benzene rings is 1. The van der Waals surface area contributed by atoms with Gasteiger partial charge in [0.2, 0.25) is 5.91 Å². The van der Waals surface area contributed by atoms with Gasteiger partial charge in [-0.25, -0.2) is 9.97 Å². The standard InChI is InChI=1S/C24H20F3N5O/c25-24(26,27)12-32-13-30-20-4-3-15(8-21(20)32)19-10-29-22-18(19)7-17(9-28-22)16-5-6-31(11-16)23(33)14-1-2-14/h3-5,7-10,13-14H,1-2,6,11-12H2,(H,28,29). The van der Waals surface area contributed by atoms with Gasteiger partial charge in [0, 0.05) is 42.4 Å². The number of carbonyl (C=O) groups is 1. The molecule has 1 aliphatic heterocycles. The number of carbonyl (C=O) groups excluding carboxylic acids is 1. The number of nitrogens with one attached hydrogen (secondary N) is 1. The monoisotopic (exact) mass is 451 g/mol. The predicted octanol–water partition coefficient (Wildman–Crippen LogP) is 4.78. The minimum absolute atomic E-state index is 0.190. The molecule has 1 N–H and O–H groups in total. The predicted molar refractivity (Wildman–Crippen MR) is 118 cm³/mol. The largest absolute Gasteiger partial charge is 0.406 e. The van der Waals surface area contributed by atoms with Gasteiger partial charge in [0.05, 0.1) is 17.4 Å². The van der Waals surface area contributed by atoms with E-state index in [4.69, 9.17) is 0 Å². The van der Waals surface area contributed by atoms with Crippen LogP contribution in [0.5, 0.6) is 0 Å². The van der Waals surface area contributed by atoms with E-state index >= 15 is 0 Å². The SMILES string of the molecule is O=C(C1CC1)N1CC=C(c2cnc3[nH]cc(-c4ccc5ncn(CC(F)(F)F)c5c4)c3c2)C1. The lowest BCUT2D eigenvalue weighted by molar-refractivity contribution is -0.140. The van der Waals surface area contributed by atoms with Crippen molar-refractivity contribution in [2.45, 2.75) is 25.6 Å². The molecule has 6 nitrogen and oxygen atoms in total. The van der Waals surface area contributed by atoms with Crippen LogP contribution < -0.4 is 0 Å². The molecule has 1 amide bonds. The molecule has 1 saturated carbocycles. The summed E-state index contributed by atoms with van der Waals surface area (Å²) in [6, 6.07) is 7.35. The van der Waals surface area contributed by atoms with Crippen molar-refractivity contribution in [2.24, 2.45) is 5.92 Å². The normalized spacial score (nSPS) is 16.7. The number of hydrogen-bond acceptors (Lipinski definition) is 3. The van der Waals surface area contributed by atoms with E-state index in [0.29, 0.717) is 29.8 Å². The van der Waals surface area contributed by atoms with Crippen molar-refractivity contribution >= 4 is 33.5 Å². The molecule has 1 aliphatic carbocycles. The summed E-state index contributed by atoms with van der Waals surface area (Å²) in [5, 5.41) is 0.876. The Morgan fingerprint density at radius 2 is 2.00 bits per heavy atom. The maximum atomic E-state index is 13.0. The van der Waals surface area contributed by atoms with Crippen molar-refractivity contribution < 1.29 is 18.0 Å². The third kappa shape index (κ3) is 3.67. The van der Waals surface area contributed by atoms with Gasteiger partial charge in [0.1, 0.15) is 12.2 Å². The third-order valence-corrected chi connectivity index (χ3v) is 6.34. The second-order valence-corrected chi connectivity index (χ2v) is 8.74. The Hall–Kier alpha value is -3.62. The van der Waals surface area contributed by atoms with Gasteiger partial charge in [-0.3, -0.25) is 4.79 Å². The topological polar surface area (TPSA) is 66.8 Å². The molecule has 1 fully saturated rings. The molecule has 168 valence electrons. The van der Waals surface area contributed by atoms with Crippen LogP contribution in [0.2, 0.25) is 0 Å². The molecule has 0 radical (unpaired) electrons. The van der Waals surface area contributed by atoms with Gasteiger partial charge in [-0.05, 0) is 47.7 Å². The Morgan fingerprint density at radius 1 is 1.15 bits per heavy atom. The van der Waals surface area contributed by atoms with E-state index in [0.717, 1.165) is 45.1 Å². The van der Waals surface area contributed by atoms with Gasteiger partial charge < -0.3 is 14.5 Å². The molecule has 2 aliphatic rings. The van der Waals surface area contributed by atoms with Gasteiger partial charge in [-0.15, -0.1) is 0 Å². The number of fused-ring (bicyclic) bond motifs is 2. The number of rotatable bonds is 4. The number of nitrogens with zero attached hydrogens (tertiary/aromatic N) is 4. The van der Waals surface area contributed by atoms with E-state index in [9.17, 15) is 18.0 Å². The van der Waals surface area contributed by atoms with Crippen LogP contribution in [-0.4, -0.2) is 49.6 Å². The molecule has 0 bridgehead atoms. The molecule has 4 heterocycles. The molecule has 0 saturated heterocycles. The van der Waals surface area contributed by atoms with Gasteiger partial charge in [-0.2, -0.15) is 13.2 Å². The number of halogens is 3. The van der Waals surface area contributed by atoms with Crippen molar-refractivity contribution in [3.8, 4) is 11.1 Å². The van der Waals surface area contributed by atoms with Crippen LogP contribution in [-0.2, 0) is 11.3 Å². The second kappa shape index (κ2) is 7.19. The molecular formula is C24H20F3N5O. The lowest BCUT2D eigenvalue weighted by atomic mass is 10.0. The molecule has 0 spiro atoms. The maximum absolute atomic E-state index is 13.0. The maximum Gasteiger partial charge on any atom is 0.406 e. The third-order valence-electron chi connectivity index (χ3n) is 6.34. The highest BCUT2D eigenvalue weighted by atomic mass is 19.4. The summed E-state index contributed by atoms with van der Waals surface area (Å²) in [6.07, 6.45) is 4.54. The molecule has 3 aromatic heterocycles. The van der Waals surface area contributed by atoms with Crippen molar-refractivity contribution in [1.82, 2.24) is 24.4 Å². The first-order valence-electron chi connectivity index (χ1n) is 10.8. The number of aromatic nitrogens is 4. The zero-order chi connectivity index (χ0) is 22.7. The molecule has 9 heteroatoms. The summed E-state index contributed by atoms with van der Waals surface area (Å²) < 4.78 is 40.0. The highest BCUT2D eigenvalue weighted by molar-refractivity contribution is 5.97. The highest BCUT2D eigenvalue weighted by Crippen LogP contribution is 2.35. The summed E-state index contributed by atoms with van der Waals surface area (Å²) >= 11 is 0. The molecule has 1 aromatic carbocycles. The van der Waals surface area contributed by atoms with E-state index in [2.05, 4.69) is 21.0 Å². The van der Waals surface area contributed by atoms with E-state index < -0.39 is 12.7 Å². The highest BCUT2D eigenvalue weighted by Gasteiger charge is 2.34. The minimum atomic E-state index is -4.33. The Morgan fingerprint density at radius 3 is 2.79 bits per heavy atom. The van der Waals surface area contributed by atoms with Crippen LogP contribution in [0.25, 0.3) is 38.8 Å². The molecular weight excluding hydrogens is 431 g/mol. The van der Waals surface area contributed by atoms with Crippen LogP contribution in [0.15, 0.2) is 49.1 Å². The lowest BCUT2D eigenvalue weighted by Crippen LogP contribution is -2.30. The fourth-order valence-electron chi connectivity index (χ4n) is 4.48. The molecule has 0 atom stereocenters. The quantitative estimate of drug-likeness (QED) is 0.486. The lowest BCUT2D eigenvalue weighted by Gasteiger charge is -2.16. The summed E-state index contributed by atoms with van der Waals surface area (Å²) in [6.45, 7) is 0.101. The first kappa shape index (κ1) is 20.0. The van der Waals surface area contributed by atoms with Crippen LogP contribution in [0, 0.1) is 5.92 Å². The smallest absolute Gasteiger partial charge is 0.346 e. The first-order chi connectivity index (χ1) is 15.9. The van der Waals surface area contributed by atoms with Crippen molar-refractivity contribution in [2.75, 3.05) is 13.1 Å². The van der Waals surface area contributed by atoms with Gasteiger partial charge in [0.15, 0.2) is 0 Å². The number of pyridine rings is 1.